The van der Waals surface area contributed by atoms with Crippen LogP contribution in [0.5, 0.6) is 5.75 Å². The molecule has 0 saturated heterocycles. The fourth-order valence-electron chi connectivity index (χ4n) is 1.22. The van der Waals surface area contributed by atoms with E-state index in [-0.39, 0.29) is 5.82 Å². The van der Waals surface area contributed by atoms with Crippen molar-refractivity contribution in [1.82, 2.24) is 14.8 Å². The first-order valence-corrected chi connectivity index (χ1v) is 6.38. The van der Waals surface area contributed by atoms with E-state index in [2.05, 4.69) is 41.9 Å². The summed E-state index contributed by atoms with van der Waals surface area (Å²) in [7, 11) is 0. The van der Waals surface area contributed by atoms with Gasteiger partial charge < -0.3 is 4.74 Å². The molecule has 1 aromatic carbocycles. The van der Waals surface area contributed by atoms with Crippen LogP contribution in [0.1, 0.15) is 0 Å². The molecule has 0 unspecified atom stereocenters. The van der Waals surface area contributed by atoms with Gasteiger partial charge in [0.25, 0.3) is 0 Å². The summed E-state index contributed by atoms with van der Waals surface area (Å²) < 4.78 is 20.9. The molecule has 0 amide bonds. The monoisotopic (exact) mass is 363 g/mol. The van der Waals surface area contributed by atoms with E-state index in [0.717, 1.165) is 0 Å². The van der Waals surface area contributed by atoms with Crippen LogP contribution in [-0.2, 0) is 6.54 Å². The second-order valence-corrected chi connectivity index (χ2v) is 4.59. The van der Waals surface area contributed by atoms with Crippen molar-refractivity contribution in [2.75, 3.05) is 6.61 Å². The molecule has 0 aliphatic rings. The molecule has 1 aromatic heterocycles. The molecule has 0 spiro atoms. The summed E-state index contributed by atoms with van der Waals surface area (Å²) in [4.78, 5) is 4.03. The maximum Gasteiger partial charge on any atom is 0.218 e. The molecular formula is C10H8Br2FN3O. The average molecular weight is 365 g/mol. The molecule has 1 heterocycles. The summed E-state index contributed by atoms with van der Waals surface area (Å²) in [5.74, 6) is 0.349. The Bertz CT molecular complexity index is 501. The first-order chi connectivity index (χ1) is 8.15. The van der Waals surface area contributed by atoms with Crippen molar-refractivity contribution in [3.63, 3.8) is 0 Å². The van der Waals surface area contributed by atoms with Gasteiger partial charge in [-0.1, -0.05) is 0 Å². The van der Waals surface area contributed by atoms with Gasteiger partial charge in [-0.2, -0.15) is 4.98 Å². The molecule has 7 heteroatoms. The van der Waals surface area contributed by atoms with Gasteiger partial charge in [0.2, 0.25) is 4.73 Å². The molecule has 0 N–H and O–H groups in total. The second kappa shape index (κ2) is 5.59. The molecule has 0 bridgehead atoms. The molecule has 4 nitrogen and oxygen atoms in total. The average Bonchev–Trinajstić information content (AvgIpc) is 2.60. The highest BCUT2D eigenvalue weighted by molar-refractivity contribution is 9.11. The number of rotatable bonds is 4. The van der Waals surface area contributed by atoms with E-state index in [1.807, 2.05) is 0 Å². The summed E-state index contributed by atoms with van der Waals surface area (Å²) in [6, 6.07) is 5.89. The number of ether oxygens (including phenoxy) is 1. The number of aromatic nitrogens is 3. The molecule has 0 saturated carbocycles. The van der Waals surface area contributed by atoms with E-state index in [0.29, 0.717) is 28.4 Å². The van der Waals surface area contributed by atoms with Gasteiger partial charge >= 0.3 is 0 Å². The topological polar surface area (TPSA) is 39.9 Å². The van der Waals surface area contributed by atoms with Gasteiger partial charge in [-0.25, -0.2) is 9.07 Å². The molecule has 17 heavy (non-hydrogen) atoms. The highest BCUT2D eigenvalue weighted by atomic mass is 79.9. The maximum absolute atomic E-state index is 12.6. The van der Waals surface area contributed by atoms with Crippen LogP contribution in [-0.4, -0.2) is 21.4 Å². The smallest absolute Gasteiger partial charge is 0.218 e. The van der Waals surface area contributed by atoms with Gasteiger partial charge in [-0.05, 0) is 56.1 Å². The summed E-state index contributed by atoms with van der Waals surface area (Å²) in [6.07, 6.45) is 0. The largest absolute Gasteiger partial charge is 0.492 e. The first-order valence-electron chi connectivity index (χ1n) is 4.79. The Morgan fingerprint density at radius 2 is 1.94 bits per heavy atom. The Balaban J connectivity index is 1.87. The van der Waals surface area contributed by atoms with Crippen LogP contribution in [0.2, 0.25) is 0 Å². The minimum absolute atomic E-state index is 0.277. The Kier molecular flexibility index (Phi) is 4.11. The van der Waals surface area contributed by atoms with E-state index < -0.39 is 0 Å². The van der Waals surface area contributed by atoms with E-state index in [4.69, 9.17) is 4.74 Å². The molecule has 0 aliphatic heterocycles. The normalized spacial score (nSPS) is 10.5. The van der Waals surface area contributed by atoms with Crippen LogP contribution in [0.25, 0.3) is 0 Å². The zero-order valence-corrected chi connectivity index (χ0v) is 11.8. The number of hydrogen-bond donors (Lipinski definition) is 0. The Hall–Kier alpha value is -0.950. The molecular weight excluding hydrogens is 357 g/mol. The summed E-state index contributed by atoms with van der Waals surface area (Å²) in [5, 5.41) is 4.09. The van der Waals surface area contributed by atoms with E-state index in [1.54, 1.807) is 16.8 Å². The lowest BCUT2D eigenvalue weighted by Crippen LogP contribution is -2.09. The van der Waals surface area contributed by atoms with Crippen LogP contribution in [0, 0.1) is 5.82 Å². The van der Waals surface area contributed by atoms with Crippen molar-refractivity contribution >= 4 is 31.9 Å². The van der Waals surface area contributed by atoms with Crippen molar-refractivity contribution < 1.29 is 9.13 Å². The second-order valence-electron chi connectivity index (χ2n) is 3.18. The first kappa shape index (κ1) is 12.5. The van der Waals surface area contributed by atoms with Crippen LogP contribution in [0.15, 0.2) is 33.7 Å². The van der Waals surface area contributed by atoms with Crippen molar-refractivity contribution in [2.45, 2.75) is 6.54 Å². The van der Waals surface area contributed by atoms with E-state index in [9.17, 15) is 4.39 Å². The highest BCUT2D eigenvalue weighted by Crippen LogP contribution is 2.13. The van der Waals surface area contributed by atoms with Crippen LogP contribution < -0.4 is 4.74 Å². The molecule has 0 aliphatic carbocycles. The predicted molar refractivity (Wildman–Crippen MR) is 67.3 cm³/mol. The maximum atomic E-state index is 12.6. The van der Waals surface area contributed by atoms with Crippen molar-refractivity contribution in [1.29, 1.82) is 0 Å². The Morgan fingerprint density at radius 3 is 2.53 bits per heavy atom. The molecule has 90 valence electrons. The van der Waals surface area contributed by atoms with Gasteiger partial charge in [0.15, 0.2) is 4.73 Å². The Morgan fingerprint density at radius 1 is 1.24 bits per heavy atom. The van der Waals surface area contributed by atoms with Crippen LogP contribution in [0.4, 0.5) is 4.39 Å². The number of halogens is 3. The van der Waals surface area contributed by atoms with E-state index in [1.165, 1.54) is 12.1 Å². The van der Waals surface area contributed by atoms with Crippen molar-refractivity contribution in [3.05, 3.63) is 39.6 Å². The van der Waals surface area contributed by atoms with Gasteiger partial charge in [0.1, 0.15) is 18.2 Å². The summed E-state index contributed by atoms with van der Waals surface area (Å²) in [6.45, 7) is 0.983. The van der Waals surface area contributed by atoms with Gasteiger partial charge in [0, 0.05) is 0 Å². The lowest BCUT2D eigenvalue weighted by Gasteiger charge is -2.06. The number of nitrogens with zero attached hydrogens (tertiary/aromatic N) is 3. The van der Waals surface area contributed by atoms with Gasteiger partial charge in [0.05, 0.1) is 6.54 Å². The molecule has 2 aromatic rings. The minimum atomic E-state index is -0.277. The quantitative estimate of drug-likeness (QED) is 0.837. The third-order valence-electron chi connectivity index (χ3n) is 1.99. The molecule has 2 rings (SSSR count). The fraction of sp³-hybridized carbons (Fsp3) is 0.200. The van der Waals surface area contributed by atoms with Crippen LogP contribution in [0.3, 0.4) is 0 Å². The lowest BCUT2D eigenvalue weighted by atomic mass is 10.3. The third-order valence-corrected chi connectivity index (χ3v) is 2.91. The van der Waals surface area contributed by atoms with Gasteiger partial charge in [-0.3, -0.25) is 0 Å². The fourth-order valence-corrected chi connectivity index (χ4v) is 2.24. The van der Waals surface area contributed by atoms with Crippen molar-refractivity contribution in [2.24, 2.45) is 0 Å². The van der Waals surface area contributed by atoms with Crippen molar-refractivity contribution in [3.8, 4) is 5.75 Å². The molecule has 0 radical (unpaired) electrons. The van der Waals surface area contributed by atoms with Crippen LogP contribution >= 0.6 is 31.9 Å². The number of hydrogen-bond acceptors (Lipinski definition) is 3. The zero-order chi connectivity index (χ0) is 12.3. The lowest BCUT2D eigenvalue weighted by molar-refractivity contribution is 0.289. The molecule has 0 atom stereocenters. The minimum Gasteiger partial charge on any atom is -0.492 e. The van der Waals surface area contributed by atoms with E-state index >= 15 is 0 Å². The Labute approximate surface area is 114 Å². The SMILES string of the molecule is Fc1ccc(OCCn2nc(Br)nc2Br)cc1. The molecule has 0 fully saturated rings. The zero-order valence-electron chi connectivity index (χ0n) is 8.61. The third kappa shape index (κ3) is 3.50. The predicted octanol–water partition coefficient (Wildman–Crippen LogP) is 3.02. The summed E-state index contributed by atoms with van der Waals surface area (Å²) >= 11 is 6.44. The standard InChI is InChI=1S/C10H8Br2FN3O/c11-9-14-10(12)16(15-9)5-6-17-8-3-1-7(13)2-4-8/h1-4H,5-6H2. The summed E-state index contributed by atoms with van der Waals surface area (Å²) in [5.41, 5.74) is 0. The number of benzene rings is 1. The highest BCUT2D eigenvalue weighted by Gasteiger charge is 2.04. The van der Waals surface area contributed by atoms with Gasteiger partial charge in [-0.15, -0.1) is 5.10 Å².